The van der Waals surface area contributed by atoms with Crippen LogP contribution in [-0.2, 0) is 4.74 Å². The normalized spacial score (nSPS) is 19.2. The lowest BCUT2D eigenvalue weighted by Crippen LogP contribution is -2.21. The molecule has 2 N–H and O–H groups in total. The Labute approximate surface area is 119 Å². The number of rotatable bonds is 3. The molecule has 0 amide bonds. The fourth-order valence-corrected chi connectivity index (χ4v) is 3.60. The minimum absolute atomic E-state index is 0.117. The second-order valence-corrected chi connectivity index (χ2v) is 6.43. The Kier molecular flexibility index (Phi) is 5.03. The third-order valence-electron chi connectivity index (χ3n) is 3.24. The van der Waals surface area contributed by atoms with Crippen LogP contribution in [0.3, 0.4) is 0 Å². The molecule has 2 rings (SSSR count). The van der Waals surface area contributed by atoms with Crippen molar-refractivity contribution >= 4 is 31.9 Å². The lowest BCUT2D eigenvalue weighted by atomic mass is 9.90. The smallest absolute Gasteiger partial charge is 0.0468 e. The fraction of sp³-hybridized carbons (Fsp3) is 0.538. The zero-order valence-electron chi connectivity index (χ0n) is 9.66. The fourth-order valence-electron chi connectivity index (χ4n) is 2.27. The zero-order chi connectivity index (χ0) is 12.3. The van der Waals surface area contributed by atoms with Crippen molar-refractivity contribution in [2.24, 2.45) is 11.7 Å². The second-order valence-electron chi connectivity index (χ2n) is 4.60. The monoisotopic (exact) mass is 361 g/mol. The van der Waals surface area contributed by atoms with Crippen LogP contribution < -0.4 is 5.73 Å². The van der Waals surface area contributed by atoms with Gasteiger partial charge in [0.05, 0.1) is 0 Å². The number of ether oxygens (including phenoxy) is 1. The van der Waals surface area contributed by atoms with E-state index in [-0.39, 0.29) is 6.04 Å². The molecule has 1 aromatic rings. The van der Waals surface area contributed by atoms with Gasteiger partial charge in [0.25, 0.3) is 0 Å². The third kappa shape index (κ3) is 4.05. The highest BCUT2D eigenvalue weighted by Gasteiger charge is 2.18. The van der Waals surface area contributed by atoms with Gasteiger partial charge in [-0.3, -0.25) is 0 Å². The summed E-state index contributed by atoms with van der Waals surface area (Å²) in [5.74, 6) is 0.705. The van der Waals surface area contributed by atoms with Crippen LogP contribution in [0.1, 0.15) is 30.9 Å². The van der Waals surface area contributed by atoms with E-state index in [2.05, 4.69) is 44.0 Å². The molecule has 0 radical (unpaired) electrons. The molecule has 4 heteroatoms. The summed E-state index contributed by atoms with van der Waals surface area (Å²) in [6, 6.07) is 6.36. The first-order chi connectivity index (χ1) is 8.15. The Morgan fingerprint density at radius 3 is 2.35 bits per heavy atom. The van der Waals surface area contributed by atoms with E-state index in [1.165, 1.54) is 5.56 Å². The first kappa shape index (κ1) is 13.5. The minimum Gasteiger partial charge on any atom is -0.381 e. The molecule has 2 nitrogen and oxygen atoms in total. The van der Waals surface area contributed by atoms with Crippen LogP contribution >= 0.6 is 31.9 Å². The number of hydrogen-bond donors (Lipinski definition) is 1. The number of nitrogens with two attached hydrogens (primary N) is 1. The van der Waals surface area contributed by atoms with Gasteiger partial charge in [-0.15, -0.1) is 0 Å². The highest BCUT2D eigenvalue weighted by atomic mass is 79.9. The van der Waals surface area contributed by atoms with Gasteiger partial charge in [-0.1, -0.05) is 31.9 Å². The molecule has 1 unspecified atom stereocenters. The van der Waals surface area contributed by atoms with Gasteiger partial charge >= 0.3 is 0 Å². The summed E-state index contributed by atoms with van der Waals surface area (Å²) >= 11 is 7.00. The Balaban J connectivity index is 2.00. The SMILES string of the molecule is NC(CC1CCOCC1)c1cc(Br)cc(Br)c1. The van der Waals surface area contributed by atoms with E-state index in [0.29, 0.717) is 5.92 Å². The molecule has 1 atom stereocenters. The quantitative estimate of drug-likeness (QED) is 0.880. The lowest BCUT2D eigenvalue weighted by Gasteiger charge is -2.25. The van der Waals surface area contributed by atoms with Crippen LogP contribution in [0.25, 0.3) is 0 Å². The van der Waals surface area contributed by atoms with Crippen molar-refractivity contribution in [1.29, 1.82) is 0 Å². The lowest BCUT2D eigenvalue weighted by molar-refractivity contribution is 0.0618. The van der Waals surface area contributed by atoms with Gasteiger partial charge in [-0.05, 0) is 48.9 Å². The van der Waals surface area contributed by atoms with E-state index in [4.69, 9.17) is 10.5 Å². The summed E-state index contributed by atoms with van der Waals surface area (Å²) in [7, 11) is 0. The summed E-state index contributed by atoms with van der Waals surface area (Å²) in [5.41, 5.74) is 7.47. The minimum atomic E-state index is 0.117. The van der Waals surface area contributed by atoms with Crippen LogP contribution in [0.2, 0.25) is 0 Å². The molecule has 1 aromatic carbocycles. The van der Waals surface area contributed by atoms with Crippen LogP contribution in [0, 0.1) is 5.92 Å². The van der Waals surface area contributed by atoms with E-state index in [1.807, 2.05) is 6.07 Å². The summed E-state index contributed by atoms with van der Waals surface area (Å²) in [5, 5.41) is 0. The van der Waals surface area contributed by atoms with E-state index in [1.54, 1.807) is 0 Å². The average molecular weight is 363 g/mol. The Morgan fingerprint density at radius 2 is 1.76 bits per heavy atom. The average Bonchev–Trinajstić information content (AvgIpc) is 2.29. The third-order valence-corrected chi connectivity index (χ3v) is 4.16. The maximum atomic E-state index is 6.28. The first-order valence-electron chi connectivity index (χ1n) is 5.94. The molecule has 0 aliphatic carbocycles. The largest absolute Gasteiger partial charge is 0.381 e. The second kappa shape index (κ2) is 6.32. The van der Waals surface area contributed by atoms with Gasteiger partial charge in [0.15, 0.2) is 0 Å². The standard InChI is InChI=1S/C13H17Br2NO/c14-11-6-10(7-12(15)8-11)13(16)5-9-1-3-17-4-2-9/h6-9,13H,1-5,16H2. The highest BCUT2D eigenvalue weighted by molar-refractivity contribution is 9.11. The number of halogens is 2. The summed E-state index contributed by atoms with van der Waals surface area (Å²) < 4.78 is 7.52. The predicted molar refractivity (Wildman–Crippen MR) is 76.9 cm³/mol. The van der Waals surface area contributed by atoms with E-state index in [9.17, 15) is 0 Å². The molecule has 17 heavy (non-hydrogen) atoms. The van der Waals surface area contributed by atoms with Gasteiger partial charge in [0.2, 0.25) is 0 Å². The molecular weight excluding hydrogens is 346 g/mol. The Bertz CT molecular complexity index is 357. The van der Waals surface area contributed by atoms with Gasteiger partial charge in [0, 0.05) is 28.2 Å². The van der Waals surface area contributed by atoms with Crippen LogP contribution in [-0.4, -0.2) is 13.2 Å². The van der Waals surface area contributed by atoms with E-state index < -0.39 is 0 Å². The summed E-state index contributed by atoms with van der Waals surface area (Å²) in [6.07, 6.45) is 3.33. The summed E-state index contributed by atoms with van der Waals surface area (Å²) in [6.45, 7) is 1.78. The highest BCUT2D eigenvalue weighted by Crippen LogP contribution is 2.29. The maximum absolute atomic E-state index is 6.28. The predicted octanol–water partition coefficient (Wildman–Crippen LogP) is 4.03. The molecular formula is C13H17Br2NO. The molecule has 1 aliphatic rings. The maximum Gasteiger partial charge on any atom is 0.0468 e. The van der Waals surface area contributed by atoms with Crippen molar-refractivity contribution in [3.05, 3.63) is 32.7 Å². The summed E-state index contributed by atoms with van der Waals surface area (Å²) in [4.78, 5) is 0. The van der Waals surface area contributed by atoms with Crippen LogP contribution in [0.5, 0.6) is 0 Å². The molecule has 0 spiro atoms. The van der Waals surface area contributed by atoms with Gasteiger partial charge in [-0.2, -0.15) is 0 Å². The molecule has 0 bridgehead atoms. The Hall–Kier alpha value is 0.1000. The van der Waals surface area contributed by atoms with Gasteiger partial charge in [-0.25, -0.2) is 0 Å². The Morgan fingerprint density at radius 1 is 1.18 bits per heavy atom. The van der Waals surface area contributed by atoms with E-state index in [0.717, 1.165) is 41.4 Å². The van der Waals surface area contributed by atoms with Crippen LogP contribution in [0.15, 0.2) is 27.1 Å². The molecule has 1 saturated heterocycles. The van der Waals surface area contributed by atoms with Crippen LogP contribution in [0.4, 0.5) is 0 Å². The van der Waals surface area contributed by atoms with Crippen molar-refractivity contribution in [3.63, 3.8) is 0 Å². The van der Waals surface area contributed by atoms with Crippen molar-refractivity contribution in [3.8, 4) is 0 Å². The topological polar surface area (TPSA) is 35.2 Å². The zero-order valence-corrected chi connectivity index (χ0v) is 12.8. The number of benzene rings is 1. The number of hydrogen-bond acceptors (Lipinski definition) is 2. The van der Waals surface area contributed by atoms with Crippen molar-refractivity contribution in [1.82, 2.24) is 0 Å². The molecule has 1 aliphatic heterocycles. The van der Waals surface area contributed by atoms with Crippen molar-refractivity contribution in [2.45, 2.75) is 25.3 Å². The first-order valence-corrected chi connectivity index (χ1v) is 7.53. The van der Waals surface area contributed by atoms with Gasteiger partial charge < -0.3 is 10.5 Å². The molecule has 1 fully saturated rings. The van der Waals surface area contributed by atoms with Crippen molar-refractivity contribution in [2.75, 3.05) is 13.2 Å². The van der Waals surface area contributed by atoms with E-state index >= 15 is 0 Å². The molecule has 0 aromatic heterocycles. The molecule has 1 heterocycles. The molecule has 94 valence electrons. The van der Waals surface area contributed by atoms with Gasteiger partial charge in [0.1, 0.15) is 0 Å². The van der Waals surface area contributed by atoms with Crippen molar-refractivity contribution < 1.29 is 4.74 Å². The molecule has 0 saturated carbocycles.